The molecule has 0 saturated heterocycles. The number of amides is 1. The van der Waals surface area contributed by atoms with Gasteiger partial charge in [0.2, 0.25) is 0 Å². The Kier molecular flexibility index (Phi) is 7.30. The summed E-state index contributed by atoms with van der Waals surface area (Å²) in [6.07, 6.45) is 4.72. The zero-order chi connectivity index (χ0) is 17.2. The number of benzene rings is 2. The molecular weight excluding hydrogens is 300 g/mol. The van der Waals surface area contributed by atoms with Crippen molar-refractivity contribution in [2.75, 3.05) is 11.9 Å². The average molecular weight is 326 g/mol. The molecule has 0 heterocycles. The van der Waals surface area contributed by atoms with E-state index in [9.17, 15) is 4.79 Å². The van der Waals surface area contributed by atoms with Crippen LogP contribution in [0.15, 0.2) is 48.5 Å². The summed E-state index contributed by atoms with van der Waals surface area (Å²) in [6.45, 7) is 3.41. The van der Waals surface area contributed by atoms with Crippen molar-refractivity contribution in [1.82, 2.24) is 0 Å². The molecule has 0 saturated carbocycles. The van der Waals surface area contributed by atoms with E-state index in [1.807, 2.05) is 36.4 Å². The molecule has 3 N–H and O–H groups in total. The van der Waals surface area contributed by atoms with Crippen LogP contribution in [-0.4, -0.2) is 12.5 Å². The Hall–Kier alpha value is -2.33. The maximum absolute atomic E-state index is 12.2. The van der Waals surface area contributed by atoms with Crippen molar-refractivity contribution in [3.63, 3.8) is 0 Å². The molecule has 2 rings (SSSR count). The van der Waals surface area contributed by atoms with Crippen LogP contribution < -0.4 is 15.8 Å². The molecule has 1 amide bonds. The normalized spacial score (nSPS) is 10.4. The Bertz CT molecular complexity index is 621. The minimum Gasteiger partial charge on any atom is -0.494 e. The number of hydrogen-bond donors (Lipinski definition) is 2. The fourth-order valence-electron chi connectivity index (χ4n) is 2.35. The molecule has 0 radical (unpaired) electrons. The Morgan fingerprint density at radius 2 is 1.71 bits per heavy atom. The molecule has 0 atom stereocenters. The third kappa shape index (κ3) is 5.70. The Balaban J connectivity index is 1.83. The molecule has 0 aliphatic carbocycles. The molecule has 0 spiro atoms. The quantitative estimate of drug-likeness (QED) is 0.673. The van der Waals surface area contributed by atoms with Gasteiger partial charge in [-0.15, -0.1) is 0 Å². The van der Waals surface area contributed by atoms with Crippen LogP contribution in [0.25, 0.3) is 0 Å². The van der Waals surface area contributed by atoms with E-state index in [0.717, 1.165) is 30.0 Å². The third-order valence-electron chi connectivity index (χ3n) is 3.83. The fourth-order valence-corrected chi connectivity index (χ4v) is 2.35. The van der Waals surface area contributed by atoms with Gasteiger partial charge in [-0.05, 0) is 48.4 Å². The van der Waals surface area contributed by atoms with Gasteiger partial charge in [0.05, 0.1) is 6.61 Å². The van der Waals surface area contributed by atoms with Gasteiger partial charge in [0.15, 0.2) is 0 Å². The molecule has 2 aromatic rings. The van der Waals surface area contributed by atoms with Crippen LogP contribution in [0.1, 0.15) is 48.5 Å². The number of ether oxygens (including phenoxy) is 1. The highest BCUT2D eigenvalue weighted by Gasteiger charge is 2.06. The lowest BCUT2D eigenvalue weighted by Crippen LogP contribution is -2.11. The molecule has 4 nitrogen and oxygen atoms in total. The summed E-state index contributed by atoms with van der Waals surface area (Å²) >= 11 is 0. The predicted molar refractivity (Wildman–Crippen MR) is 98.4 cm³/mol. The van der Waals surface area contributed by atoms with Gasteiger partial charge < -0.3 is 15.8 Å². The van der Waals surface area contributed by atoms with E-state index in [2.05, 4.69) is 12.2 Å². The number of rotatable bonds is 9. The minimum absolute atomic E-state index is 0.134. The number of carbonyl (C=O) groups excluding carboxylic acids is 1. The first-order valence-corrected chi connectivity index (χ1v) is 8.56. The van der Waals surface area contributed by atoms with Crippen LogP contribution in [0, 0.1) is 0 Å². The highest BCUT2D eigenvalue weighted by molar-refractivity contribution is 6.04. The highest BCUT2D eigenvalue weighted by atomic mass is 16.5. The molecule has 0 aromatic heterocycles. The van der Waals surface area contributed by atoms with Gasteiger partial charge in [-0.1, -0.05) is 38.3 Å². The summed E-state index contributed by atoms with van der Waals surface area (Å²) < 4.78 is 5.69. The third-order valence-corrected chi connectivity index (χ3v) is 3.83. The zero-order valence-corrected chi connectivity index (χ0v) is 14.3. The topological polar surface area (TPSA) is 64.3 Å². The Morgan fingerprint density at radius 3 is 2.33 bits per heavy atom. The number of nitrogens with one attached hydrogen (secondary N) is 1. The molecule has 128 valence electrons. The summed E-state index contributed by atoms with van der Waals surface area (Å²) in [6, 6.07) is 14.8. The van der Waals surface area contributed by atoms with E-state index in [-0.39, 0.29) is 5.91 Å². The summed E-state index contributed by atoms with van der Waals surface area (Å²) in [7, 11) is 0. The van der Waals surface area contributed by atoms with Crippen molar-refractivity contribution >= 4 is 11.6 Å². The number of carbonyl (C=O) groups is 1. The SMILES string of the molecule is CCCCCCOc1ccc(C(=O)Nc2ccc(CN)cc2)cc1. The van der Waals surface area contributed by atoms with Crippen molar-refractivity contribution in [3.05, 3.63) is 59.7 Å². The number of hydrogen-bond acceptors (Lipinski definition) is 3. The molecule has 0 unspecified atom stereocenters. The maximum atomic E-state index is 12.2. The van der Waals surface area contributed by atoms with Crippen LogP contribution >= 0.6 is 0 Å². The van der Waals surface area contributed by atoms with Crippen molar-refractivity contribution in [2.45, 2.75) is 39.2 Å². The van der Waals surface area contributed by atoms with Crippen LogP contribution in [-0.2, 0) is 6.54 Å². The van der Waals surface area contributed by atoms with Crippen molar-refractivity contribution in [3.8, 4) is 5.75 Å². The summed E-state index contributed by atoms with van der Waals surface area (Å²) in [5.41, 5.74) is 7.97. The lowest BCUT2D eigenvalue weighted by atomic mass is 10.1. The first kappa shape index (κ1) is 18.0. The van der Waals surface area contributed by atoms with E-state index in [1.165, 1.54) is 19.3 Å². The summed E-state index contributed by atoms with van der Waals surface area (Å²) in [4.78, 5) is 12.2. The molecule has 24 heavy (non-hydrogen) atoms. The lowest BCUT2D eigenvalue weighted by Gasteiger charge is -2.08. The predicted octanol–water partition coefficient (Wildman–Crippen LogP) is 4.36. The molecule has 0 aliphatic rings. The minimum atomic E-state index is -0.134. The Labute approximate surface area is 144 Å². The van der Waals surface area contributed by atoms with Crippen LogP contribution in [0.3, 0.4) is 0 Å². The van der Waals surface area contributed by atoms with Gasteiger partial charge in [0, 0.05) is 17.8 Å². The second-order valence-electron chi connectivity index (χ2n) is 5.79. The first-order chi connectivity index (χ1) is 11.7. The van der Waals surface area contributed by atoms with Gasteiger partial charge in [0.25, 0.3) is 5.91 Å². The fraction of sp³-hybridized carbons (Fsp3) is 0.350. The summed E-state index contributed by atoms with van der Waals surface area (Å²) in [5, 5.41) is 2.87. The average Bonchev–Trinajstić information content (AvgIpc) is 2.62. The van der Waals surface area contributed by atoms with E-state index in [4.69, 9.17) is 10.5 Å². The largest absolute Gasteiger partial charge is 0.494 e. The maximum Gasteiger partial charge on any atom is 0.255 e. The van der Waals surface area contributed by atoms with Gasteiger partial charge >= 0.3 is 0 Å². The molecule has 4 heteroatoms. The van der Waals surface area contributed by atoms with Crippen LogP contribution in [0.4, 0.5) is 5.69 Å². The van der Waals surface area contributed by atoms with E-state index < -0.39 is 0 Å². The number of unbranched alkanes of at least 4 members (excludes halogenated alkanes) is 3. The second-order valence-corrected chi connectivity index (χ2v) is 5.79. The van der Waals surface area contributed by atoms with Gasteiger partial charge in [-0.25, -0.2) is 0 Å². The molecule has 0 bridgehead atoms. The van der Waals surface area contributed by atoms with Crippen LogP contribution in [0.5, 0.6) is 5.75 Å². The monoisotopic (exact) mass is 326 g/mol. The van der Waals surface area contributed by atoms with Crippen molar-refractivity contribution < 1.29 is 9.53 Å². The molecule has 0 aliphatic heterocycles. The first-order valence-electron chi connectivity index (χ1n) is 8.56. The van der Waals surface area contributed by atoms with Crippen LogP contribution in [0.2, 0.25) is 0 Å². The molecule has 0 fully saturated rings. The van der Waals surface area contributed by atoms with E-state index in [0.29, 0.717) is 12.1 Å². The Morgan fingerprint density at radius 1 is 1.00 bits per heavy atom. The number of anilines is 1. The summed E-state index contributed by atoms with van der Waals surface area (Å²) in [5.74, 6) is 0.667. The molecule has 2 aromatic carbocycles. The van der Waals surface area contributed by atoms with Gasteiger partial charge in [-0.2, -0.15) is 0 Å². The highest BCUT2D eigenvalue weighted by Crippen LogP contribution is 2.15. The van der Waals surface area contributed by atoms with E-state index >= 15 is 0 Å². The van der Waals surface area contributed by atoms with Gasteiger partial charge in [0.1, 0.15) is 5.75 Å². The van der Waals surface area contributed by atoms with Gasteiger partial charge in [-0.3, -0.25) is 4.79 Å². The smallest absolute Gasteiger partial charge is 0.255 e. The lowest BCUT2D eigenvalue weighted by molar-refractivity contribution is 0.102. The second kappa shape index (κ2) is 9.73. The standard InChI is InChI=1S/C20H26N2O2/c1-2-3-4-5-14-24-19-12-8-17(9-13-19)20(23)22-18-10-6-16(15-21)7-11-18/h6-13H,2-5,14-15,21H2,1H3,(H,22,23). The van der Waals surface area contributed by atoms with E-state index in [1.54, 1.807) is 12.1 Å². The zero-order valence-electron chi connectivity index (χ0n) is 14.3. The van der Waals surface area contributed by atoms with Crippen molar-refractivity contribution in [1.29, 1.82) is 0 Å². The number of nitrogens with two attached hydrogens (primary N) is 1. The van der Waals surface area contributed by atoms with Crippen molar-refractivity contribution in [2.24, 2.45) is 5.73 Å². The molecular formula is C20H26N2O2.